The van der Waals surface area contributed by atoms with E-state index < -0.39 is 0 Å². The fourth-order valence-electron chi connectivity index (χ4n) is 4.89. The lowest BCUT2D eigenvalue weighted by Crippen LogP contribution is -2.49. The maximum Gasteiger partial charge on any atom is 0.289 e. The van der Waals surface area contributed by atoms with Gasteiger partial charge in [-0.1, -0.05) is 30.3 Å². The molecule has 0 aliphatic carbocycles. The van der Waals surface area contributed by atoms with E-state index in [-0.39, 0.29) is 23.6 Å². The molecule has 36 heavy (non-hydrogen) atoms. The summed E-state index contributed by atoms with van der Waals surface area (Å²) in [6.45, 7) is 3.75. The number of nitrogens with zero attached hydrogens (tertiary/aromatic N) is 3. The molecule has 0 radical (unpaired) electrons. The summed E-state index contributed by atoms with van der Waals surface area (Å²) in [7, 11) is 0. The Labute approximate surface area is 210 Å². The Hall–Kier alpha value is -4.07. The molecule has 3 aromatic rings. The van der Waals surface area contributed by atoms with Gasteiger partial charge in [-0.3, -0.25) is 14.4 Å². The third kappa shape index (κ3) is 5.12. The molecule has 0 unspecified atom stereocenters. The molecular formula is C28H30N4O4. The van der Waals surface area contributed by atoms with Gasteiger partial charge in [-0.25, -0.2) is 0 Å². The second-order valence-corrected chi connectivity index (χ2v) is 9.19. The average molecular weight is 487 g/mol. The van der Waals surface area contributed by atoms with Crippen molar-refractivity contribution in [2.75, 3.05) is 49.5 Å². The molecular weight excluding hydrogens is 456 g/mol. The number of piperazine rings is 1. The van der Waals surface area contributed by atoms with Gasteiger partial charge < -0.3 is 24.4 Å². The van der Waals surface area contributed by atoms with Crippen LogP contribution in [0.2, 0.25) is 0 Å². The van der Waals surface area contributed by atoms with Crippen molar-refractivity contribution in [3.63, 3.8) is 0 Å². The maximum absolute atomic E-state index is 13.4. The number of piperidine rings is 1. The predicted octanol–water partition coefficient (Wildman–Crippen LogP) is 3.73. The van der Waals surface area contributed by atoms with Crippen molar-refractivity contribution in [2.24, 2.45) is 5.92 Å². The number of hydrogen-bond acceptors (Lipinski definition) is 5. The minimum atomic E-state index is -0.219. The Morgan fingerprint density at radius 1 is 0.722 bits per heavy atom. The summed E-state index contributed by atoms with van der Waals surface area (Å²) in [4.78, 5) is 44.7. The van der Waals surface area contributed by atoms with E-state index in [2.05, 4.69) is 22.3 Å². The highest BCUT2D eigenvalue weighted by atomic mass is 16.3. The van der Waals surface area contributed by atoms with Crippen LogP contribution >= 0.6 is 0 Å². The third-order valence-corrected chi connectivity index (χ3v) is 6.99. The number of para-hydroxylation sites is 2. The first kappa shape index (κ1) is 23.7. The Morgan fingerprint density at radius 2 is 1.39 bits per heavy atom. The summed E-state index contributed by atoms with van der Waals surface area (Å²) in [6, 6.07) is 20.7. The molecule has 1 N–H and O–H groups in total. The van der Waals surface area contributed by atoms with E-state index in [9.17, 15) is 14.4 Å². The fraction of sp³-hybridized carbons (Fsp3) is 0.321. The fourth-order valence-corrected chi connectivity index (χ4v) is 4.89. The Bertz CT molecular complexity index is 1200. The maximum atomic E-state index is 13.4. The second-order valence-electron chi connectivity index (χ2n) is 9.19. The molecule has 2 fully saturated rings. The van der Waals surface area contributed by atoms with Crippen LogP contribution in [0.25, 0.3) is 0 Å². The van der Waals surface area contributed by atoms with Crippen LogP contribution in [0.3, 0.4) is 0 Å². The van der Waals surface area contributed by atoms with E-state index in [1.807, 2.05) is 35.2 Å². The van der Waals surface area contributed by atoms with Crippen LogP contribution in [-0.2, 0) is 4.79 Å². The molecule has 3 heterocycles. The molecule has 5 rings (SSSR count). The van der Waals surface area contributed by atoms with E-state index in [4.69, 9.17) is 4.42 Å². The van der Waals surface area contributed by atoms with E-state index >= 15 is 0 Å². The Balaban J connectivity index is 1.17. The molecule has 0 spiro atoms. The lowest BCUT2D eigenvalue weighted by atomic mass is 9.95. The number of nitrogens with one attached hydrogen (secondary N) is 1. The minimum absolute atomic E-state index is 0.0718. The highest BCUT2D eigenvalue weighted by molar-refractivity contribution is 6.04. The number of amides is 3. The molecule has 8 nitrogen and oxygen atoms in total. The number of anilines is 2. The van der Waals surface area contributed by atoms with Gasteiger partial charge in [0.15, 0.2) is 5.76 Å². The Kier molecular flexibility index (Phi) is 7.02. The molecule has 3 amide bonds. The van der Waals surface area contributed by atoms with E-state index in [1.54, 1.807) is 29.2 Å². The lowest BCUT2D eigenvalue weighted by Gasteiger charge is -2.36. The van der Waals surface area contributed by atoms with Crippen LogP contribution in [0.4, 0.5) is 11.4 Å². The van der Waals surface area contributed by atoms with Crippen LogP contribution in [0.15, 0.2) is 77.4 Å². The van der Waals surface area contributed by atoms with Crippen LogP contribution < -0.4 is 10.2 Å². The molecule has 0 saturated carbocycles. The van der Waals surface area contributed by atoms with Crippen LogP contribution in [0, 0.1) is 5.92 Å². The zero-order chi connectivity index (χ0) is 24.9. The summed E-state index contributed by atoms with van der Waals surface area (Å²) in [6.07, 6.45) is 2.61. The highest BCUT2D eigenvalue weighted by Crippen LogP contribution is 2.24. The topological polar surface area (TPSA) is 86.1 Å². The lowest BCUT2D eigenvalue weighted by molar-refractivity contribution is -0.121. The largest absolute Gasteiger partial charge is 0.459 e. The van der Waals surface area contributed by atoms with Crippen molar-refractivity contribution < 1.29 is 18.8 Å². The van der Waals surface area contributed by atoms with Crippen LogP contribution in [0.1, 0.15) is 33.8 Å². The SMILES string of the molecule is O=C(Nc1ccccc1C(=O)N1CCN(c2ccccc2)CC1)C1CCN(C(=O)c2ccco2)CC1. The monoisotopic (exact) mass is 486 g/mol. The van der Waals surface area contributed by atoms with Crippen LogP contribution in [-0.4, -0.2) is 66.8 Å². The van der Waals surface area contributed by atoms with Gasteiger partial charge >= 0.3 is 0 Å². The number of carbonyl (C=O) groups excluding carboxylic acids is 3. The molecule has 0 atom stereocenters. The van der Waals surface area contributed by atoms with Crippen molar-refractivity contribution >= 4 is 29.1 Å². The summed E-state index contributed by atoms with van der Waals surface area (Å²) in [5, 5.41) is 2.99. The summed E-state index contributed by atoms with van der Waals surface area (Å²) in [5.41, 5.74) is 2.20. The van der Waals surface area contributed by atoms with E-state index in [0.29, 0.717) is 56.0 Å². The zero-order valence-corrected chi connectivity index (χ0v) is 20.1. The van der Waals surface area contributed by atoms with Gasteiger partial charge in [0.2, 0.25) is 5.91 Å². The molecule has 2 aliphatic heterocycles. The molecule has 0 bridgehead atoms. The van der Waals surface area contributed by atoms with Crippen molar-refractivity contribution in [3.8, 4) is 0 Å². The van der Waals surface area contributed by atoms with Gasteiger partial charge in [-0.2, -0.15) is 0 Å². The summed E-state index contributed by atoms with van der Waals surface area (Å²) in [5.74, 6) is -0.243. The van der Waals surface area contributed by atoms with Gasteiger partial charge in [0, 0.05) is 50.9 Å². The first-order chi connectivity index (χ1) is 17.6. The molecule has 2 saturated heterocycles. The van der Waals surface area contributed by atoms with Gasteiger partial charge in [-0.15, -0.1) is 0 Å². The zero-order valence-electron chi connectivity index (χ0n) is 20.1. The smallest absolute Gasteiger partial charge is 0.289 e. The first-order valence-corrected chi connectivity index (χ1v) is 12.4. The molecule has 2 aliphatic rings. The number of furan rings is 1. The van der Waals surface area contributed by atoms with Gasteiger partial charge in [-0.05, 0) is 49.2 Å². The molecule has 2 aromatic carbocycles. The normalized spacial score (nSPS) is 16.6. The van der Waals surface area contributed by atoms with E-state index in [1.165, 1.54) is 6.26 Å². The first-order valence-electron chi connectivity index (χ1n) is 12.4. The average Bonchev–Trinajstić information content (AvgIpc) is 3.48. The Morgan fingerprint density at radius 3 is 2.08 bits per heavy atom. The van der Waals surface area contributed by atoms with Crippen molar-refractivity contribution in [1.82, 2.24) is 9.80 Å². The van der Waals surface area contributed by atoms with Gasteiger partial charge in [0.1, 0.15) is 0 Å². The second kappa shape index (κ2) is 10.7. The summed E-state index contributed by atoms with van der Waals surface area (Å²) < 4.78 is 5.21. The number of benzene rings is 2. The number of carbonyl (C=O) groups is 3. The number of likely N-dealkylation sites (tertiary alicyclic amines) is 1. The quantitative estimate of drug-likeness (QED) is 0.594. The number of rotatable bonds is 5. The number of hydrogen-bond donors (Lipinski definition) is 1. The predicted molar refractivity (Wildman–Crippen MR) is 137 cm³/mol. The molecule has 1 aromatic heterocycles. The van der Waals surface area contributed by atoms with Crippen molar-refractivity contribution in [2.45, 2.75) is 12.8 Å². The van der Waals surface area contributed by atoms with Gasteiger partial charge in [0.05, 0.1) is 17.5 Å². The standard InChI is InChI=1S/C28H30N4O4/c33-26(21-12-14-31(15-13-21)28(35)25-11-6-20-36-25)29-24-10-5-4-9-23(24)27(34)32-18-16-30(17-19-32)22-7-2-1-3-8-22/h1-11,20-21H,12-19H2,(H,29,33). The van der Waals surface area contributed by atoms with E-state index in [0.717, 1.165) is 18.8 Å². The third-order valence-electron chi connectivity index (χ3n) is 6.99. The van der Waals surface area contributed by atoms with Gasteiger partial charge in [0.25, 0.3) is 11.8 Å². The van der Waals surface area contributed by atoms with Crippen LogP contribution in [0.5, 0.6) is 0 Å². The summed E-state index contributed by atoms with van der Waals surface area (Å²) >= 11 is 0. The van der Waals surface area contributed by atoms with Crippen molar-refractivity contribution in [1.29, 1.82) is 0 Å². The molecule has 186 valence electrons. The van der Waals surface area contributed by atoms with Crippen molar-refractivity contribution in [3.05, 3.63) is 84.3 Å². The highest BCUT2D eigenvalue weighted by Gasteiger charge is 2.30. The molecule has 8 heteroatoms. The minimum Gasteiger partial charge on any atom is -0.459 e.